The Bertz CT molecular complexity index is 4320. The van der Waals surface area contributed by atoms with Gasteiger partial charge in [-0.3, -0.25) is 0 Å². The van der Waals surface area contributed by atoms with Crippen LogP contribution in [0.5, 0.6) is 80.5 Å². The van der Waals surface area contributed by atoms with Crippen molar-refractivity contribution < 1.29 is 156 Å². The van der Waals surface area contributed by atoms with E-state index in [4.69, 9.17) is 25.3 Å². The minimum atomic E-state index is -3.11. The third-order valence-electron chi connectivity index (χ3n) is 24.5. The second kappa shape index (κ2) is 76.7. The Morgan fingerprint density at radius 1 is 0.243 bits per heavy atom. The van der Waals surface area contributed by atoms with Crippen molar-refractivity contribution in [3.05, 3.63) is 164 Å². The van der Waals surface area contributed by atoms with E-state index in [0.29, 0.717) is 34.5 Å². The summed E-state index contributed by atoms with van der Waals surface area (Å²) in [5.41, 5.74) is 8.87. The van der Waals surface area contributed by atoms with Crippen LogP contribution >= 0.6 is 0 Å². The number of hydrogen-bond donors (Lipinski definition) is 14. The molecule has 0 bridgehead atoms. The molecule has 0 amide bonds. The average Bonchev–Trinajstić information content (AvgIpc) is 0.772. The normalized spacial score (nSPS) is 10.9. The number of aromatic hydroxyl groups is 14. The van der Waals surface area contributed by atoms with E-state index in [1.807, 2.05) is 27.7 Å². The molecule has 0 aliphatic rings. The summed E-state index contributed by atoms with van der Waals surface area (Å²) in [7, 11) is -6.22. The van der Waals surface area contributed by atoms with Gasteiger partial charge < -0.3 is 71.5 Å². The third kappa shape index (κ3) is 59.5. The number of phenolic OH excluding ortho intramolecular Hbond substituents is 14. The number of benzene rings is 7. The molecule has 14 N–H and O–H groups in total. The van der Waals surface area contributed by atoms with Crippen LogP contribution in [-0.4, -0.2) is 96.7 Å². The van der Waals surface area contributed by atoms with E-state index in [-0.39, 0.29) is 139 Å². The molecule has 762 valence electrons. The largest absolute Gasteiger partial charge is 1.00 e. The monoisotopic (exact) mass is 1960 g/mol. The Morgan fingerprint density at radius 3 is 0.750 bits per heavy atom. The van der Waals surface area contributed by atoms with E-state index in [1.54, 1.807) is 72.8 Å². The van der Waals surface area contributed by atoms with Gasteiger partial charge >= 0.3 is 80.3 Å². The molecule has 0 radical (unpaired) electrons. The topological polar surface area (TPSA) is 386 Å². The molecule has 0 atom stereocenters. The van der Waals surface area contributed by atoms with Gasteiger partial charge in [0.1, 0.15) is 57.5 Å². The Morgan fingerprint density at radius 2 is 0.471 bits per heavy atom. The first kappa shape index (κ1) is 135. The fourth-order valence-corrected chi connectivity index (χ4v) is 15.9. The second-order valence-electron chi connectivity index (χ2n) is 39.0. The molecule has 0 unspecified atom stereocenters. The van der Waals surface area contributed by atoms with Gasteiger partial charge in [0.2, 0.25) is 0 Å². The van der Waals surface area contributed by atoms with Crippen LogP contribution in [-0.2, 0) is 75.0 Å². The van der Waals surface area contributed by atoms with Crippen LogP contribution in [0.4, 0.5) is 0 Å². The fraction of sp³-hybridized carbons (Fsp3) is 0.625. The Labute approximate surface area is 869 Å². The Hall–Kier alpha value is -7.02. The molecular weight excluding hydrogens is 1780 g/mol. The molecule has 136 heavy (non-hydrogen) atoms. The first-order valence-electron chi connectivity index (χ1n) is 50.2. The molecule has 0 heterocycles. The zero-order valence-corrected chi connectivity index (χ0v) is 93.9. The van der Waals surface area contributed by atoms with Crippen LogP contribution in [0.2, 0.25) is 0 Å². The van der Waals surface area contributed by atoms with E-state index in [9.17, 15) is 71.5 Å². The molecule has 7 aromatic carbocycles. The smallest absolute Gasteiger partial charge is 0.565 e. The molecule has 0 saturated heterocycles. The van der Waals surface area contributed by atoms with E-state index >= 15 is 0 Å². The molecule has 0 aromatic heterocycles. The summed E-state index contributed by atoms with van der Waals surface area (Å²) in [5, 5.41) is 138. The SMILES string of the molecule is CC(C)c1cc(O)c(C(C)C)cc1O.CCCCCC(C)(C)c1cc(O)[c-]cc1O.CCCCCC(C)(C)c1cc(O)c(C(C)(C)CCCCC)cc1O.CCCCCC(C)(C)c1cc(O)ccc1O.CCCCCCCCc1cc(O)[c-]cc1O.CCCCCCCCc1cc(O)c(CCCCCCCC)cc1O.CCCCc1cc(O)c(CCCC)cc1O.O=S(=O)=O.O=S(=O)=O.[Na+].[Na+]. The summed E-state index contributed by atoms with van der Waals surface area (Å²) in [6.45, 7) is 44.6. The van der Waals surface area contributed by atoms with Gasteiger partial charge in [0.25, 0.3) is 0 Å². The third-order valence-corrected chi connectivity index (χ3v) is 24.5. The van der Waals surface area contributed by atoms with E-state index < -0.39 is 21.2 Å². The molecule has 0 aliphatic carbocycles. The predicted octanol–water partition coefficient (Wildman–Crippen LogP) is 24.4. The molecule has 7 aromatic rings. The van der Waals surface area contributed by atoms with Crippen LogP contribution in [0.25, 0.3) is 0 Å². The van der Waals surface area contributed by atoms with Crippen molar-refractivity contribution in [1.82, 2.24) is 0 Å². The summed E-state index contributed by atoms with van der Waals surface area (Å²) >= 11 is 0. The summed E-state index contributed by atoms with van der Waals surface area (Å²) in [5.74, 6) is 4.21. The van der Waals surface area contributed by atoms with Gasteiger partial charge in [-0.25, -0.2) is 0 Å². The zero-order chi connectivity index (χ0) is 102. The summed E-state index contributed by atoms with van der Waals surface area (Å²) in [6, 6.07) is 29.9. The maximum atomic E-state index is 10.6. The number of aryl methyl sites for hydroxylation is 5. The van der Waals surface area contributed by atoms with Gasteiger partial charge in [-0.15, -0.1) is 72.8 Å². The molecule has 0 spiro atoms. The van der Waals surface area contributed by atoms with Crippen molar-refractivity contribution in [2.24, 2.45) is 0 Å². The van der Waals surface area contributed by atoms with Crippen LogP contribution in [0, 0.1) is 12.1 Å². The quantitative estimate of drug-likeness (QED) is 0.00729. The fourth-order valence-electron chi connectivity index (χ4n) is 15.9. The van der Waals surface area contributed by atoms with E-state index in [0.717, 1.165) is 190 Å². The zero-order valence-electron chi connectivity index (χ0n) is 88.2. The number of unbranched alkanes of at least 4 members (excludes halogenated alkanes) is 25. The van der Waals surface area contributed by atoms with Crippen LogP contribution in [0.15, 0.2) is 91.0 Å². The molecule has 24 heteroatoms. The molecule has 7 rings (SSSR count). The van der Waals surface area contributed by atoms with Crippen LogP contribution < -0.4 is 59.1 Å². The van der Waals surface area contributed by atoms with Gasteiger partial charge in [0, 0.05) is 50.8 Å². The predicted molar refractivity (Wildman–Crippen MR) is 551 cm³/mol. The molecule has 0 fully saturated rings. The van der Waals surface area contributed by atoms with Crippen molar-refractivity contribution >= 4 is 21.2 Å². The van der Waals surface area contributed by atoms with Crippen molar-refractivity contribution in [2.45, 2.75) is 455 Å². The Balaban J connectivity index is -0.000000741. The van der Waals surface area contributed by atoms with Crippen molar-refractivity contribution in [1.29, 1.82) is 0 Å². The summed E-state index contributed by atoms with van der Waals surface area (Å²) in [6.07, 6.45) is 49.1. The molecule has 0 saturated carbocycles. The van der Waals surface area contributed by atoms with E-state index in [2.05, 4.69) is 130 Å². The Kier molecular flexibility index (Phi) is 76.3. The standard InChI is InChI=1S/2C22H38O2.C14H22O2.C14H21O2.C14H22O2.C14H21O2.C12H18O2.2Na.2O3S/c1-7-9-11-13-21(3,4)17-15-20(24)18(16-19(17)23)22(5,6)14-12-10-8-2;1-3-5-7-9-11-13-15-19-17-22(24)20(18-21(19)23)16-14-12-10-8-6-4-2;2*1-4-5-6-9-14(2,3)12-10-11(15)7-8-13(12)16;1-3-5-7-11-9-14(16)12(8-6-4-2)10-13(11)15;1-2-3-4-5-6-7-8-12-11-13(15)9-10-14(12)16;1-7(2)9-5-12(14)10(8(3)4)6-11(9)13;;;2*1-4(2)3/h15-16,23-24H,7-14H2,1-6H3;17-18,23-24H,3-16H2,1-2H3;7-8,10,15-16H,4-6,9H2,1-3H3;8,10,15-16H,4-6,9H2,1-3H3;9-10,15-16H,3-8H2,1-2H3;10-11,15-16H,2-8H2,1H3;5-8,13-14H,1-4H3;;;;/q;;;-1;;-1;;2*+1;;. The van der Waals surface area contributed by atoms with Crippen molar-refractivity contribution in [2.75, 3.05) is 0 Å². The van der Waals surface area contributed by atoms with Crippen LogP contribution in [0.1, 0.15) is 462 Å². The summed E-state index contributed by atoms with van der Waals surface area (Å²) in [4.78, 5) is 0. The summed E-state index contributed by atoms with van der Waals surface area (Å²) < 4.78 is 50.7. The second-order valence-corrected chi connectivity index (χ2v) is 39.8. The molecule has 0 aliphatic heterocycles. The van der Waals surface area contributed by atoms with Gasteiger partial charge in [-0.05, 0) is 206 Å². The van der Waals surface area contributed by atoms with Gasteiger partial charge in [0.15, 0.2) is 0 Å². The van der Waals surface area contributed by atoms with Gasteiger partial charge in [0.05, 0.1) is 0 Å². The van der Waals surface area contributed by atoms with Gasteiger partial charge in [-0.1, -0.05) is 338 Å². The first-order valence-corrected chi connectivity index (χ1v) is 52.2. The molecular formula is C112H180Na2O20S2. The number of phenols is 14. The maximum absolute atomic E-state index is 10.6. The van der Waals surface area contributed by atoms with Gasteiger partial charge in [-0.2, -0.15) is 0 Å². The van der Waals surface area contributed by atoms with Crippen LogP contribution in [0.3, 0.4) is 0 Å². The molecule has 20 nitrogen and oxygen atoms in total. The minimum absolute atomic E-state index is 0. The first-order chi connectivity index (χ1) is 63.1. The average molecular weight is 1960 g/mol. The number of hydrogen-bond acceptors (Lipinski definition) is 20. The number of rotatable bonds is 49. The minimum Gasteiger partial charge on any atom is -0.565 e. The van der Waals surface area contributed by atoms with Crippen molar-refractivity contribution in [3.63, 3.8) is 0 Å². The van der Waals surface area contributed by atoms with Crippen molar-refractivity contribution in [3.8, 4) is 80.5 Å². The maximum Gasteiger partial charge on any atom is 1.00 e. The van der Waals surface area contributed by atoms with E-state index in [1.165, 1.54) is 166 Å².